The van der Waals surface area contributed by atoms with E-state index in [9.17, 15) is 4.39 Å². The topological polar surface area (TPSA) is 21.3 Å². The third-order valence-electron chi connectivity index (χ3n) is 3.29. The number of benzene rings is 2. The summed E-state index contributed by atoms with van der Waals surface area (Å²) in [6.45, 7) is 5.25. The molecule has 0 aliphatic carbocycles. The van der Waals surface area contributed by atoms with E-state index in [1.807, 2.05) is 24.3 Å². The predicted octanol–water partition coefficient (Wildman–Crippen LogP) is 4.84. The van der Waals surface area contributed by atoms with Crippen molar-refractivity contribution >= 4 is 15.9 Å². The maximum absolute atomic E-state index is 13.6. The zero-order valence-corrected chi connectivity index (χ0v) is 13.8. The van der Waals surface area contributed by atoms with Crippen LogP contribution in [0.2, 0.25) is 0 Å². The zero-order chi connectivity index (χ0) is 15.2. The van der Waals surface area contributed by atoms with Gasteiger partial charge in [0.1, 0.15) is 18.2 Å². The highest BCUT2D eigenvalue weighted by Gasteiger charge is 2.12. The van der Waals surface area contributed by atoms with Crippen molar-refractivity contribution in [2.24, 2.45) is 0 Å². The van der Waals surface area contributed by atoms with Crippen LogP contribution in [0.1, 0.15) is 31.0 Å². The van der Waals surface area contributed by atoms with Gasteiger partial charge in [0.15, 0.2) is 0 Å². The summed E-state index contributed by atoms with van der Waals surface area (Å²) in [6, 6.07) is 12.7. The van der Waals surface area contributed by atoms with Crippen LogP contribution in [0, 0.1) is 5.82 Å². The highest BCUT2D eigenvalue weighted by Crippen LogP contribution is 2.29. The van der Waals surface area contributed by atoms with Crippen molar-refractivity contribution in [3.63, 3.8) is 0 Å². The molecule has 0 saturated heterocycles. The van der Waals surface area contributed by atoms with Crippen LogP contribution in [0.15, 0.2) is 46.9 Å². The molecular weight excluding hydrogens is 333 g/mol. The van der Waals surface area contributed by atoms with E-state index in [1.165, 1.54) is 6.07 Å². The second-order valence-corrected chi connectivity index (χ2v) is 5.76. The molecule has 0 aliphatic heterocycles. The average Bonchev–Trinajstić information content (AvgIpc) is 2.47. The molecule has 1 atom stereocenters. The van der Waals surface area contributed by atoms with E-state index >= 15 is 0 Å². The minimum atomic E-state index is -0.240. The number of ether oxygens (including phenoxy) is 1. The smallest absolute Gasteiger partial charge is 0.129 e. The number of rotatable bonds is 6. The molecule has 0 bridgehead atoms. The van der Waals surface area contributed by atoms with Gasteiger partial charge in [0, 0.05) is 21.6 Å². The summed E-state index contributed by atoms with van der Waals surface area (Å²) in [5, 5.41) is 3.36. The van der Waals surface area contributed by atoms with Crippen molar-refractivity contribution < 1.29 is 9.13 Å². The molecule has 112 valence electrons. The van der Waals surface area contributed by atoms with Gasteiger partial charge in [-0.05, 0) is 37.7 Å². The fraction of sp³-hybridized carbons (Fsp3) is 0.294. The first-order chi connectivity index (χ1) is 10.1. The Balaban J connectivity index is 2.18. The Bertz CT molecular complexity index is 603. The standard InChI is InChI=1S/C17H19BrFNO/c1-3-20-12(2)15-10-14(18)8-9-17(15)21-11-13-6-4-5-7-16(13)19/h4-10,12,20H,3,11H2,1-2H3. The quantitative estimate of drug-likeness (QED) is 0.803. The van der Waals surface area contributed by atoms with E-state index in [4.69, 9.17) is 4.74 Å². The van der Waals surface area contributed by atoms with Crippen molar-refractivity contribution in [3.05, 3.63) is 63.9 Å². The molecule has 0 aromatic heterocycles. The largest absolute Gasteiger partial charge is 0.488 e. The maximum Gasteiger partial charge on any atom is 0.129 e. The molecule has 21 heavy (non-hydrogen) atoms. The molecule has 4 heteroatoms. The summed E-state index contributed by atoms with van der Waals surface area (Å²) >= 11 is 3.48. The first kappa shape index (κ1) is 16.0. The van der Waals surface area contributed by atoms with Crippen LogP contribution < -0.4 is 10.1 Å². The van der Waals surface area contributed by atoms with E-state index < -0.39 is 0 Å². The van der Waals surface area contributed by atoms with Crippen LogP contribution in [-0.2, 0) is 6.61 Å². The molecule has 1 unspecified atom stereocenters. The van der Waals surface area contributed by atoms with Gasteiger partial charge in [0.2, 0.25) is 0 Å². The van der Waals surface area contributed by atoms with Crippen molar-refractivity contribution in [2.45, 2.75) is 26.5 Å². The lowest BCUT2D eigenvalue weighted by molar-refractivity contribution is 0.294. The summed E-state index contributed by atoms with van der Waals surface area (Å²) in [7, 11) is 0. The summed E-state index contributed by atoms with van der Waals surface area (Å²) in [5.41, 5.74) is 1.62. The van der Waals surface area contributed by atoms with Crippen molar-refractivity contribution in [1.82, 2.24) is 5.32 Å². The molecule has 0 radical (unpaired) electrons. The second kappa shape index (κ2) is 7.57. The number of hydrogen-bond acceptors (Lipinski definition) is 2. The summed E-state index contributed by atoms with van der Waals surface area (Å²) in [5.74, 6) is 0.533. The Morgan fingerprint density at radius 3 is 2.71 bits per heavy atom. The Kier molecular flexibility index (Phi) is 5.76. The van der Waals surface area contributed by atoms with E-state index in [1.54, 1.807) is 12.1 Å². The lowest BCUT2D eigenvalue weighted by Crippen LogP contribution is -2.18. The second-order valence-electron chi connectivity index (χ2n) is 4.84. The van der Waals surface area contributed by atoms with Gasteiger partial charge >= 0.3 is 0 Å². The minimum Gasteiger partial charge on any atom is -0.488 e. The maximum atomic E-state index is 13.6. The van der Waals surface area contributed by atoms with Gasteiger partial charge in [-0.3, -0.25) is 0 Å². The van der Waals surface area contributed by atoms with Gasteiger partial charge < -0.3 is 10.1 Å². The van der Waals surface area contributed by atoms with Gasteiger partial charge in [0.25, 0.3) is 0 Å². The first-order valence-electron chi connectivity index (χ1n) is 7.01. The average molecular weight is 352 g/mol. The molecular formula is C17H19BrFNO. The molecule has 0 spiro atoms. The Hall–Kier alpha value is -1.39. The summed E-state index contributed by atoms with van der Waals surface area (Å²) in [4.78, 5) is 0. The van der Waals surface area contributed by atoms with Crippen LogP contribution in [0.4, 0.5) is 4.39 Å². The zero-order valence-electron chi connectivity index (χ0n) is 12.2. The predicted molar refractivity (Wildman–Crippen MR) is 87.0 cm³/mol. The van der Waals surface area contributed by atoms with Gasteiger partial charge in [-0.15, -0.1) is 0 Å². The fourth-order valence-corrected chi connectivity index (χ4v) is 2.56. The third-order valence-corrected chi connectivity index (χ3v) is 3.78. The van der Waals surface area contributed by atoms with Crippen LogP contribution in [-0.4, -0.2) is 6.54 Å². The Labute approximate surface area is 133 Å². The molecule has 0 heterocycles. The van der Waals surface area contributed by atoms with Crippen molar-refractivity contribution in [3.8, 4) is 5.75 Å². The Morgan fingerprint density at radius 2 is 2.00 bits per heavy atom. The highest BCUT2D eigenvalue weighted by molar-refractivity contribution is 9.10. The molecule has 0 amide bonds. The summed E-state index contributed by atoms with van der Waals surface area (Å²) in [6.07, 6.45) is 0. The van der Waals surface area contributed by atoms with Gasteiger partial charge in [-0.1, -0.05) is 41.1 Å². The molecule has 2 nitrogen and oxygen atoms in total. The number of halogens is 2. The van der Waals surface area contributed by atoms with Crippen LogP contribution >= 0.6 is 15.9 Å². The normalized spacial score (nSPS) is 12.2. The van der Waals surface area contributed by atoms with Crippen LogP contribution in [0.25, 0.3) is 0 Å². The lowest BCUT2D eigenvalue weighted by atomic mass is 10.1. The highest BCUT2D eigenvalue weighted by atomic mass is 79.9. The van der Waals surface area contributed by atoms with Crippen molar-refractivity contribution in [1.29, 1.82) is 0 Å². The summed E-state index contributed by atoms with van der Waals surface area (Å²) < 4.78 is 20.5. The SMILES string of the molecule is CCNC(C)c1cc(Br)ccc1OCc1ccccc1F. The lowest BCUT2D eigenvalue weighted by Gasteiger charge is -2.18. The van der Waals surface area contributed by atoms with Gasteiger partial charge in [-0.2, -0.15) is 0 Å². The first-order valence-corrected chi connectivity index (χ1v) is 7.80. The molecule has 2 rings (SSSR count). The molecule has 2 aromatic carbocycles. The van der Waals surface area contributed by atoms with Crippen LogP contribution in [0.5, 0.6) is 5.75 Å². The van der Waals surface area contributed by atoms with E-state index in [0.717, 1.165) is 22.3 Å². The minimum absolute atomic E-state index is 0.170. The van der Waals surface area contributed by atoms with E-state index in [-0.39, 0.29) is 18.5 Å². The van der Waals surface area contributed by atoms with Crippen molar-refractivity contribution in [2.75, 3.05) is 6.54 Å². The van der Waals surface area contributed by atoms with Gasteiger partial charge in [-0.25, -0.2) is 4.39 Å². The molecule has 0 saturated carbocycles. The number of hydrogen-bond donors (Lipinski definition) is 1. The molecule has 2 aromatic rings. The van der Waals surface area contributed by atoms with Gasteiger partial charge in [0.05, 0.1) is 0 Å². The third kappa shape index (κ3) is 4.29. The van der Waals surface area contributed by atoms with E-state index in [0.29, 0.717) is 5.56 Å². The molecule has 0 aliphatic rings. The molecule has 0 fully saturated rings. The molecule has 1 N–H and O–H groups in total. The van der Waals surface area contributed by atoms with E-state index in [2.05, 4.69) is 35.1 Å². The number of nitrogens with one attached hydrogen (secondary N) is 1. The fourth-order valence-electron chi connectivity index (χ4n) is 2.18. The Morgan fingerprint density at radius 1 is 1.24 bits per heavy atom. The monoisotopic (exact) mass is 351 g/mol. The van der Waals surface area contributed by atoms with Crippen LogP contribution in [0.3, 0.4) is 0 Å².